The monoisotopic (exact) mass is 492 g/mol. The van der Waals surface area contributed by atoms with Crippen LogP contribution in [0, 0.1) is 17.6 Å². The number of halogens is 3. The number of aliphatic imine (C=N–C) groups is 1. The highest BCUT2D eigenvalue weighted by atomic mass is 35.5. The van der Waals surface area contributed by atoms with Crippen molar-refractivity contribution < 1.29 is 13.5 Å². The van der Waals surface area contributed by atoms with Gasteiger partial charge in [-0.25, -0.2) is 23.7 Å². The van der Waals surface area contributed by atoms with E-state index in [1.54, 1.807) is 20.1 Å². The predicted octanol–water partition coefficient (Wildman–Crippen LogP) is 5.02. The summed E-state index contributed by atoms with van der Waals surface area (Å²) in [6.07, 6.45) is 2.80. The van der Waals surface area contributed by atoms with Gasteiger partial charge in [0.1, 0.15) is 11.8 Å². The van der Waals surface area contributed by atoms with E-state index in [1.165, 1.54) is 30.4 Å². The zero-order valence-corrected chi connectivity index (χ0v) is 20.1. The molecule has 0 saturated heterocycles. The topological polar surface area (TPSA) is 98.3 Å². The fourth-order valence-electron chi connectivity index (χ4n) is 4.18. The Morgan fingerprint density at radius 2 is 1.97 bits per heavy atom. The highest BCUT2D eigenvalue weighted by Gasteiger charge is 2.50. The van der Waals surface area contributed by atoms with Gasteiger partial charge in [-0.05, 0) is 26.0 Å². The summed E-state index contributed by atoms with van der Waals surface area (Å²) in [5.41, 5.74) is 6.32. The summed E-state index contributed by atoms with van der Waals surface area (Å²) >= 11 is 7.37. The van der Waals surface area contributed by atoms with Gasteiger partial charge in [0.25, 0.3) is 0 Å². The van der Waals surface area contributed by atoms with E-state index in [2.05, 4.69) is 25.3 Å². The van der Waals surface area contributed by atoms with E-state index in [-0.39, 0.29) is 22.3 Å². The maximum Gasteiger partial charge on any atom is 0.164 e. The maximum absolute atomic E-state index is 15.2. The SMILES string of the molecule is COC[C@@]1(C)SC(N)=N[C@](C)(c2cc(Nc3ncnc4cc(Cl)cnc34)cc(F)c2F)[C@@H]1C. The van der Waals surface area contributed by atoms with E-state index < -0.39 is 21.9 Å². The molecule has 7 nitrogen and oxygen atoms in total. The lowest BCUT2D eigenvalue weighted by molar-refractivity contribution is 0.124. The molecule has 3 atom stereocenters. The summed E-state index contributed by atoms with van der Waals surface area (Å²) < 4.78 is 34.9. The van der Waals surface area contributed by atoms with Crippen molar-refractivity contribution in [3.05, 3.63) is 52.9 Å². The Labute approximate surface area is 199 Å². The number of anilines is 2. The molecule has 3 aromatic rings. The standard InChI is InChI=1S/C22H23ClF2N6OS/c1-11-21(2,9-32-4)33-20(26)31-22(11,3)14-6-13(7-15(24)17(14)25)30-19-18-16(28-10-29-19)5-12(23)8-27-18/h5-8,10-11H,9H2,1-4H3,(H2,26,31)(H,28,29,30)/t11-,21-,22+/m1/s1. The van der Waals surface area contributed by atoms with Gasteiger partial charge in [-0.2, -0.15) is 0 Å². The summed E-state index contributed by atoms with van der Waals surface area (Å²) in [5.74, 6) is -1.90. The average molecular weight is 493 g/mol. The van der Waals surface area contributed by atoms with E-state index >= 15 is 4.39 Å². The number of rotatable bonds is 5. The van der Waals surface area contributed by atoms with Gasteiger partial charge in [0, 0.05) is 41.3 Å². The van der Waals surface area contributed by atoms with Gasteiger partial charge in [-0.1, -0.05) is 30.3 Å². The second-order valence-electron chi connectivity index (χ2n) is 8.36. The second kappa shape index (κ2) is 8.66. The molecule has 3 heterocycles. The first-order chi connectivity index (χ1) is 15.6. The predicted molar refractivity (Wildman–Crippen MR) is 128 cm³/mol. The van der Waals surface area contributed by atoms with Crippen molar-refractivity contribution in [2.24, 2.45) is 16.6 Å². The zero-order valence-electron chi connectivity index (χ0n) is 18.5. The number of benzene rings is 1. The van der Waals surface area contributed by atoms with Gasteiger partial charge in [0.2, 0.25) is 0 Å². The average Bonchev–Trinajstić information content (AvgIpc) is 2.74. The third-order valence-corrected chi connectivity index (χ3v) is 7.59. The number of fused-ring (bicyclic) bond motifs is 1. The van der Waals surface area contributed by atoms with Crippen LogP contribution in [0.3, 0.4) is 0 Å². The number of methoxy groups -OCH3 is 1. The molecule has 4 rings (SSSR count). The van der Waals surface area contributed by atoms with Crippen LogP contribution in [-0.4, -0.2) is 38.6 Å². The van der Waals surface area contributed by atoms with Gasteiger partial charge >= 0.3 is 0 Å². The van der Waals surface area contributed by atoms with Gasteiger partial charge in [-0.15, -0.1) is 0 Å². The van der Waals surface area contributed by atoms with E-state index in [1.807, 2.05) is 13.8 Å². The van der Waals surface area contributed by atoms with E-state index in [0.29, 0.717) is 28.5 Å². The number of nitrogens with zero attached hydrogens (tertiary/aromatic N) is 4. The summed E-state index contributed by atoms with van der Waals surface area (Å²) in [5, 5.41) is 3.74. The van der Waals surface area contributed by atoms with E-state index in [0.717, 1.165) is 6.07 Å². The first-order valence-electron chi connectivity index (χ1n) is 10.1. The lowest BCUT2D eigenvalue weighted by Gasteiger charge is -2.47. The van der Waals surface area contributed by atoms with Crippen LogP contribution in [0.4, 0.5) is 20.3 Å². The number of aromatic nitrogens is 3. The van der Waals surface area contributed by atoms with Crippen molar-refractivity contribution >= 4 is 51.1 Å². The van der Waals surface area contributed by atoms with Crippen LogP contribution in [0.1, 0.15) is 26.3 Å². The van der Waals surface area contributed by atoms with Crippen molar-refractivity contribution in [3.8, 4) is 0 Å². The Balaban J connectivity index is 1.81. The van der Waals surface area contributed by atoms with Crippen LogP contribution >= 0.6 is 23.4 Å². The van der Waals surface area contributed by atoms with Crippen LogP contribution in [0.5, 0.6) is 0 Å². The number of hydrogen-bond donors (Lipinski definition) is 2. The highest BCUT2D eigenvalue weighted by molar-refractivity contribution is 8.15. The van der Waals surface area contributed by atoms with Gasteiger partial charge < -0.3 is 15.8 Å². The molecule has 1 aliphatic rings. The van der Waals surface area contributed by atoms with Gasteiger partial charge in [0.05, 0.1) is 22.7 Å². The number of thioether (sulfide) groups is 1. The molecule has 0 unspecified atom stereocenters. The van der Waals surface area contributed by atoms with Gasteiger partial charge in [0.15, 0.2) is 22.6 Å². The van der Waals surface area contributed by atoms with Crippen LogP contribution < -0.4 is 11.1 Å². The number of nitrogens with two attached hydrogens (primary N) is 1. The molecule has 2 aromatic heterocycles. The third kappa shape index (κ3) is 4.22. The quantitative estimate of drug-likeness (QED) is 0.516. The minimum Gasteiger partial charge on any atom is -0.383 e. The molecular weight excluding hydrogens is 470 g/mol. The second-order valence-corrected chi connectivity index (χ2v) is 10.3. The van der Waals surface area contributed by atoms with Crippen molar-refractivity contribution in [1.82, 2.24) is 15.0 Å². The maximum atomic E-state index is 15.2. The summed E-state index contributed by atoms with van der Waals surface area (Å²) in [7, 11) is 1.59. The summed E-state index contributed by atoms with van der Waals surface area (Å²) in [6.45, 7) is 6.04. The molecule has 0 spiro atoms. The molecule has 1 aromatic carbocycles. The molecule has 1 aliphatic heterocycles. The van der Waals surface area contributed by atoms with Crippen molar-refractivity contribution in [2.45, 2.75) is 31.1 Å². The Hall–Kier alpha value is -2.56. The lowest BCUT2D eigenvalue weighted by Crippen LogP contribution is -2.50. The Morgan fingerprint density at radius 3 is 2.70 bits per heavy atom. The normalized spacial score (nSPS) is 25.2. The van der Waals surface area contributed by atoms with E-state index in [9.17, 15) is 4.39 Å². The Kier molecular flexibility index (Phi) is 6.19. The molecule has 0 fully saturated rings. The number of amidine groups is 1. The van der Waals surface area contributed by atoms with Crippen molar-refractivity contribution in [3.63, 3.8) is 0 Å². The minimum absolute atomic E-state index is 0.0810. The summed E-state index contributed by atoms with van der Waals surface area (Å²) in [6, 6.07) is 4.23. The van der Waals surface area contributed by atoms with Gasteiger partial charge in [-0.3, -0.25) is 4.99 Å². The molecule has 0 bridgehead atoms. The number of ether oxygens (including phenoxy) is 1. The molecule has 3 N–H and O–H groups in total. The zero-order chi connectivity index (χ0) is 24.0. The molecule has 0 saturated carbocycles. The molecule has 0 radical (unpaired) electrons. The fraction of sp³-hybridized carbons (Fsp3) is 0.364. The Bertz CT molecular complexity index is 1260. The first kappa shape index (κ1) is 23.6. The minimum atomic E-state index is -1.13. The summed E-state index contributed by atoms with van der Waals surface area (Å²) in [4.78, 5) is 17.2. The number of hydrogen-bond acceptors (Lipinski definition) is 8. The third-order valence-electron chi connectivity index (χ3n) is 6.15. The first-order valence-corrected chi connectivity index (χ1v) is 11.3. The molecule has 0 aliphatic carbocycles. The number of nitrogens with one attached hydrogen (secondary N) is 1. The van der Waals surface area contributed by atoms with Crippen LogP contribution in [0.25, 0.3) is 11.0 Å². The molecular formula is C22H23ClF2N6OS. The van der Waals surface area contributed by atoms with Crippen LogP contribution in [0.2, 0.25) is 5.02 Å². The molecule has 174 valence electrons. The van der Waals surface area contributed by atoms with Crippen LogP contribution in [-0.2, 0) is 10.3 Å². The molecule has 33 heavy (non-hydrogen) atoms. The highest BCUT2D eigenvalue weighted by Crippen LogP contribution is 2.50. The lowest BCUT2D eigenvalue weighted by atomic mass is 9.74. The largest absolute Gasteiger partial charge is 0.383 e. The Morgan fingerprint density at radius 1 is 1.21 bits per heavy atom. The van der Waals surface area contributed by atoms with Crippen molar-refractivity contribution in [2.75, 3.05) is 19.0 Å². The fourth-order valence-corrected chi connectivity index (χ4v) is 5.63. The smallest absolute Gasteiger partial charge is 0.164 e. The van der Waals surface area contributed by atoms with Crippen molar-refractivity contribution in [1.29, 1.82) is 0 Å². The number of pyridine rings is 1. The molecule has 11 heteroatoms. The van der Waals surface area contributed by atoms with E-state index in [4.69, 9.17) is 22.1 Å². The van der Waals surface area contributed by atoms with Crippen LogP contribution in [0.15, 0.2) is 35.7 Å². The molecule has 0 amide bonds.